The van der Waals surface area contributed by atoms with Crippen molar-refractivity contribution in [2.45, 2.75) is 57.4 Å². The summed E-state index contributed by atoms with van der Waals surface area (Å²) in [5.41, 5.74) is 1.96. The molecule has 0 bridgehead atoms. The third-order valence-electron chi connectivity index (χ3n) is 5.01. The van der Waals surface area contributed by atoms with Crippen molar-refractivity contribution in [3.63, 3.8) is 0 Å². The van der Waals surface area contributed by atoms with E-state index in [2.05, 4.69) is 12.2 Å². The Balaban J connectivity index is 2.03. The largest absolute Gasteiger partial charge is 0.352 e. The number of nitrogens with one attached hydrogen (secondary N) is 1. The average molecular weight is 353 g/mol. The van der Waals surface area contributed by atoms with Crippen molar-refractivity contribution >= 4 is 15.9 Å². The summed E-state index contributed by atoms with van der Waals surface area (Å²) < 4.78 is 26.4. The highest BCUT2D eigenvalue weighted by molar-refractivity contribution is 7.89. The lowest BCUT2D eigenvalue weighted by Gasteiger charge is -2.30. The number of hydrogen-bond donors (Lipinski definition) is 1. The molecule has 0 unspecified atom stereocenters. The monoisotopic (exact) mass is 352 g/mol. The molecule has 1 fully saturated rings. The molecule has 1 saturated carbocycles. The van der Waals surface area contributed by atoms with Crippen LogP contribution in [-0.4, -0.2) is 38.3 Å². The Hall–Kier alpha value is -1.40. The Morgan fingerprint density at radius 1 is 1.21 bits per heavy atom. The van der Waals surface area contributed by atoms with Gasteiger partial charge in [0.1, 0.15) is 0 Å². The minimum atomic E-state index is -3.66. The first-order chi connectivity index (χ1) is 11.2. The molecule has 1 aliphatic carbocycles. The van der Waals surface area contributed by atoms with Gasteiger partial charge < -0.3 is 5.32 Å². The van der Waals surface area contributed by atoms with Gasteiger partial charge in [-0.05, 0) is 55.9 Å². The highest BCUT2D eigenvalue weighted by Gasteiger charge is 2.26. The molecular weight excluding hydrogens is 324 g/mol. The van der Waals surface area contributed by atoms with Crippen LogP contribution < -0.4 is 5.32 Å². The van der Waals surface area contributed by atoms with Crippen molar-refractivity contribution < 1.29 is 13.2 Å². The fraction of sp³-hybridized carbons (Fsp3) is 0.611. The molecule has 0 aliphatic heterocycles. The van der Waals surface area contributed by atoms with Crippen LogP contribution in [0.2, 0.25) is 0 Å². The zero-order valence-corrected chi connectivity index (χ0v) is 15.8. The first-order valence-corrected chi connectivity index (χ1v) is 9.99. The number of carbonyl (C=O) groups is 1. The molecule has 1 aromatic carbocycles. The third-order valence-corrected chi connectivity index (χ3v) is 6.81. The summed E-state index contributed by atoms with van der Waals surface area (Å²) in [5, 5.41) is 3.00. The van der Waals surface area contributed by atoms with E-state index in [1.807, 2.05) is 13.8 Å². The van der Waals surface area contributed by atoms with E-state index in [0.29, 0.717) is 5.92 Å². The van der Waals surface area contributed by atoms with Crippen LogP contribution in [0.15, 0.2) is 23.1 Å². The summed E-state index contributed by atoms with van der Waals surface area (Å²) in [6, 6.07) is 5.20. The number of amides is 1. The number of nitrogens with zero attached hydrogens (tertiary/aromatic N) is 1. The van der Waals surface area contributed by atoms with Gasteiger partial charge in [-0.25, -0.2) is 8.42 Å². The second-order valence-electron chi connectivity index (χ2n) is 6.94. The van der Waals surface area contributed by atoms with Crippen molar-refractivity contribution in [3.8, 4) is 0 Å². The van der Waals surface area contributed by atoms with Crippen molar-refractivity contribution in [1.82, 2.24) is 9.62 Å². The van der Waals surface area contributed by atoms with E-state index in [1.165, 1.54) is 13.5 Å². The van der Waals surface area contributed by atoms with Crippen LogP contribution in [0, 0.1) is 19.8 Å². The van der Waals surface area contributed by atoms with E-state index in [9.17, 15) is 13.2 Å². The molecule has 134 valence electrons. The number of benzene rings is 1. The lowest BCUT2D eigenvalue weighted by molar-refractivity contribution is -0.122. The van der Waals surface area contributed by atoms with Gasteiger partial charge in [-0.15, -0.1) is 0 Å². The fourth-order valence-corrected chi connectivity index (χ4v) is 4.34. The topological polar surface area (TPSA) is 66.5 Å². The highest BCUT2D eigenvalue weighted by atomic mass is 32.2. The second kappa shape index (κ2) is 7.66. The molecule has 0 heterocycles. The van der Waals surface area contributed by atoms with E-state index >= 15 is 0 Å². The van der Waals surface area contributed by atoms with Gasteiger partial charge in [0.25, 0.3) is 0 Å². The summed E-state index contributed by atoms with van der Waals surface area (Å²) in [7, 11) is -2.20. The predicted octanol–water partition coefficient (Wildman–Crippen LogP) is 2.62. The molecule has 1 amide bonds. The Morgan fingerprint density at radius 3 is 2.50 bits per heavy atom. The number of rotatable bonds is 5. The number of carbonyl (C=O) groups excluding carboxylic acids is 1. The summed E-state index contributed by atoms with van der Waals surface area (Å²) in [4.78, 5) is 12.5. The number of hydrogen-bond acceptors (Lipinski definition) is 3. The second-order valence-corrected chi connectivity index (χ2v) is 8.99. The van der Waals surface area contributed by atoms with E-state index < -0.39 is 10.0 Å². The van der Waals surface area contributed by atoms with Gasteiger partial charge in [-0.2, -0.15) is 4.31 Å². The summed E-state index contributed by atoms with van der Waals surface area (Å²) in [5.74, 6) is 0.216. The van der Waals surface area contributed by atoms with Crippen LogP contribution in [0.1, 0.15) is 43.7 Å². The molecule has 5 nitrogen and oxygen atoms in total. The van der Waals surface area contributed by atoms with E-state index in [0.717, 1.165) is 34.7 Å². The molecule has 1 aromatic rings. The molecule has 0 radical (unpaired) electrons. The summed E-state index contributed by atoms with van der Waals surface area (Å²) in [6.45, 7) is 5.80. The van der Waals surface area contributed by atoms with Crippen LogP contribution in [0.5, 0.6) is 0 Å². The van der Waals surface area contributed by atoms with Crippen LogP contribution in [-0.2, 0) is 14.8 Å². The minimum absolute atomic E-state index is 0.154. The van der Waals surface area contributed by atoms with Gasteiger partial charge >= 0.3 is 0 Å². The Morgan fingerprint density at radius 2 is 1.88 bits per heavy atom. The van der Waals surface area contributed by atoms with Gasteiger partial charge in [0.05, 0.1) is 11.4 Å². The number of likely N-dealkylation sites (N-methyl/N-ethyl adjacent to an activating group) is 1. The quantitative estimate of drug-likeness (QED) is 0.886. The average Bonchev–Trinajstić information content (AvgIpc) is 2.52. The summed E-state index contributed by atoms with van der Waals surface area (Å²) >= 11 is 0. The van der Waals surface area contributed by atoms with Crippen LogP contribution in [0.3, 0.4) is 0 Å². The third kappa shape index (κ3) is 4.36. The lowest BCUT2D eigenvalue weighted by atomic mass is 9.86. The maximum Gasteiger partial charge on any atom is 0.243 e. The lowest BCUT2D eigenvalue weighted by Crippen LogP contribution is -2.46. The molecule has 6 heteroatoms. The first-order valence-electron chi connectivity index (χ1n) is 8.55. The standard InChI is InChI=1S/C18H28N2O3S/c1-13-9-10-16(11-15(13)3)24(22,23)20(4)12-18(21)19-17-8-6-5-7-14(17)2/h9-11,14,17H,5-8,12H2,1-4H3,(H,19,21)/t14-,17-/m0/s1. The summed E-state index contributed by atoms with van der Waals surface area (Å²) in [6.07, 6.45) is 4.41. The SMILES string of the molecule is Cc1ccc(S(=O)(=O)N(C)CC(=O)N[C@H]2CCCC[C@@H]2C)cc1C. The fourth-order valence-electron chi connectivity index (χ4n) is 3.12. The van der Waals surface area contributed by atoms with Crippen LogP contribution in [0.25, 0.3) is 0 Å². The minimum Gasteiger partial charge on any atom is -0.352 e. The van der Waals surface area contributed by atoms with E-state index in [4.69, 9.17) is 0 Å². The zero-order chi connectivity index (χ0) is 17.9. The molecule has 0 saturated heterocycles. The molecule has 2 atom stereocenters. The Labute approximate surface area is 145 Å². The van der Waals surface area contributed by atoms with Crippen LogP contribution in [0.4, 0.5) is 0 Å². The van der Waals surface area contributed by atoms with E-state index in [1.54, 1.807) is 18.2 Å². The normalized spacial score (nSPS) is 21.7. The zero-order valence-electron chi connectivity index (χ0n) is 15.0. The number of aryl methyl sites for hydroxylation is 2. The van der Waals surface area contributed by atoms with E-state index in [-0.39, 0.29) is 23.4 Å². The van der Waals surface area contributed by atoms with Crippen molar-refractivity contribution in [1.29, 1.82) is 0 Å². The van der Waals surface area contributed by atoms with Gasteiger partial charge in [0.15, 0.2) is 0 Å². The first kappa shape index (κ1) is 18.9. The maximum atomic E-state index is 12.6. The van der Waals surface area contributed by atoms with Crippen LogP contribution >= 0.6 is 0 Å². The molecule has 24 heavy (non-hydrogen) atoms. The van der Waals surface area contributed by atoms with Crippen molar-refractivity contribution in [2.75, 3.05) is 13.6 Å². The van der Waals surface area contributed by atoms with Crippen molar-refractivity contribution in [2.24, 2.45) is 5.92 Å². The van der Waals surface area contributed by atoms with Gasteiger partial charge in [0, 0.05) is 13.1 Å². The Bertz CT molecular complexity index is 700. The Kier molecular flexibility index (Phi) is 6.04. The molecule has 2 rings (SSSR count). The molecule has 0 spiro atoms. The van der Waals surface area contributed by atoms with Gasteiger partial charge in [-0.1, -0.05) is 25.8 Å². The predicted molar refractivity (Wildman–Crippen MR) is 95.3 cm³/mol. The van der Waals surface area contributed by atoms with Gasteiger partial charge in [0.2, 0.25) is 15.9 Å². The molecule has 0 aromatic heterocycles. The molecule has 1 aliphatic rings. The maximum absolute atomic E-state index is 12.6. The highest BCUT2D eigenvalue weighted by Crippen LogP contribution is 2.24. The smallest absolute Gasteiger partial charge is 0.243 e. The molecule has 1 N–H and O–H groups in total. The van der Waals surface area contributed by atoms with Crippen molar-refractivity contribution in [3.05, 3.63) is 29.3 Å². The van der Waals surface area contributed by atoms with Gasteiger partial charge in [-0.3, -0.25) is 4.79 Å². The molecular formula is C18H28N2O3S. The number of sulfonamides is 1.